The van der Waals surface area contributed by atoms with Crippen molar-refractivity contribution >= 4 is 43.7 Å². The van der Waals surface area contributed by atoms with E-state index < -0.39 is 0 Å². The van der Waals surface area contributed by atoms with E-state index in [0.29, 0.717) is 0 Å². The Labute approximate surface area is 118 Å². The summed E-state index contributed by atoms with van der Waals surface area (Å²) in [6.07, 6.45) is 1.84. The van der Waals surface area contributed by atoms with Crippen molar-refractivity contribution in [1.29, 1.82) is 0 Å². The van der Waals surface area contributed by atoms with Gasteiger partial charge in [-0.3, -0.25) is 4.98 Å². The molecular formula is C17H10FN3. The molecule has 0 saturated carbocycles. The molecule has 0 aliphatic rings. The summed E-state index contributed by atoms with van der Waals surface area (Å²) in [4.78, 5) is 11.2. The van der Waals surface area contributed by atoms with Crippen LogP contribution in [-0.2, 0) is 0 Å². The number of aromatic amines is 2. The molecule has 100 valence electrons. The Kier molecular flexibility index (Phi) is 1.86. The average Bonchev–Trinajstić information content (AvgIpc) is 3.03. The predicted octanol–water partition coefficient (Wildman–Crippen LogP) is 4.49. The van der Waals surface area contributed by atoms with Gasteiger partial charge in [-0.05, 0) is 24.3 Å². The number of para-hydroxylation sites is 1. The van der Waals surface area contributed by atoms with E-state index in [9.17, 15) is 4.39 Å². The SMILES string of the molecule is Fc1ccc2c(c1)[nH]c1c2ncc2[nH]c3ccccc3c21. The second-order valence-corrected chi connectivity index (χ2v) is 5.26. The summed E-state index contributed by atoms with van der Waals surface area (Å²) in [5, 5.41) is 3.19. The summed E-state index contributed by atoms with van der Waals surface area (Å²) in [6.45, 7) is 0. The first kappa shape index (κ1) is 10.9. The maximum Gasteiger partial charge on any atom is 0.125 e. The van der Waals surface area contributed by atoms with Crippen LogP contribution in [0.5, 0.6) is 0 Å². The smallest absolute Gasteiger partial charge is 0.125 e. The highest BCUT2D eigenvalue weighted by Gasteiger charge is 2.13. The number of H-pyrrole nitrogens is 2. The molecule has 0 unspecified atom stereocenters. The van der Waals surface area contributed by atoms with Gasteiger partial charge in [0.25, 0.3) is 0 Å². The summed E-state index contributed by atoms with van der Waals surface area (Å²) in [5.41, 5.74) is 4.66. The van der Waals surface area contributed by atoms with Gasteiger partial charge in [0, 0.05) is 21.7 Å². The van der Waals surface area contributed by atoms with Gasteiger partial charge in [-0.25, -0.2) is 4.39 Å². The highest BCUT2D eigenvalue weighted by atomic mass is 19.1. The van der Waals surface area contributed by atoms with Crippen LogP contribution in [0, 0.1) is 5.82 Å². The average molecular weight is 275 g/mol. The number of nitrogens with zero attached hydrogens (tertiary/aromatic N) is 1. The van der Waals surface area contributed by atoms with Gasteiger partial charge in [-0.2, -0.15) is 0 Å². The second kappa shape index (κ2) is 3.61. The van der Waals surface area contributed by atoms with Gasteiger partial charge in [0.15, 0.2) is 0 Å². The number of aromatic nitrogens is 3. The lowest BCUT2D eigenvalue weighted by Gasteiger charge is -1.94. The Morgan fingerprint density at radius 2 is 1.76 bits per heavy atom. The van der Waals surface area contributed by atoms with Crippen molar-refractivity contribution < 1.29 is 4.39 Å². The molecule has 0 fully saturated rings. The molecule has 0 saturated heterocycles. The van der Waals surface area contributed by atoms with Crippen molar-refractivity contribution in [2.24, 2.45) is 0 Å². The summed E-state index contributed by atoms with van der Waals surface area (Å²) in [7, 11) is 0. The summed E-state index contributed by atoms with van der Waals surface area (Å²) in [5.74, 6) is -0.246. The van der Waals surface area contributed by atoms with Crippen molar-refractivity contribution in [3.05, 3.63) is 54.5 Å². The number of hydrogen-bond acceptors (Lipinski definition) is 1. The molecule has 4 heteroatoms. The van der Waals surface area contributed by atoms with Crippen LogP contribution >= 0.6 is 0 Å². The van der Waals surface area contributed by atoms with Gasteiger partial charge in [0.05, 0.1) is 28.3 Å². The van der Waals surface area contributed by atoms with Gasteiger partial charge in [0.1, 0.15) is 5.82 Å². The molecule has 5 aromatic rings. The minimum absolute atomic E-state index is 0.246. The third-order valence-electron chi connectivity index (χ3n) is 4.04. The first-order chi connectivity index (χ1) is 10.3. The van der Waals surface area contributed by atoms with Crippen molar-refractivity contribution in [3.8, 4) is 0 Å². The zero-order chi connectivity index (χ0) is 14.0. The minimum atomic E-state index is -0.246. The highest BCUT2D eigenvalue weighted by molar-refractivity contribution is 6.22. The fraction of sp³-hybridized carbons (Fsp3) is 0. The lowest BCUT2D eigenvalue weighted by molar-refractivity contribution is 0.629. The van der Waals surface area contributed by atoms with Crippen LogP contribution in [0.1, 0.15) is 0 Å². The van der Waals surface area contributed by atoms with Crippen LogP contribution in [0.3, 0.4) is 0 Å². The molecular weight excluding hydrogens is 265 g/mol. The standard InChI is InChI=1S/C17H10FN3/c18-9-5-6-11-13(7-9)21-17-15-10-3-1-2-4-12(10)20-14(15)8-19-16(11)17/h1-8,20-21H. The van der Waals surface area contributed by atoms with Gasteiger partial charge in [-0.1, -0.05) is 18.2 Å². The molecule has 2 N–H and O–H groups in total. The van der Waals surface area contributed by atoms with E-state index in [2.05, 4.69) is 21.0 Å². The molecule has 21 heavy (non-hydrogen) atoms. The molecule has 0 radical (unpaired) electrons. The Morgan fingerprint density at radius 1 is 0.857 bits per heavy atom. The molecule has 3 heterocycles. The molecule has 3 aromatic heterocycles. The Bertz CT molecular complexity index is 1150. The number of benzene rings is 2. The van der Waals surface area contributed by atoms with Gasteiger partial charge < -0.3 is 9.97 Å². The molecule has 2 aromatic carbocycles. The van der Waals surface area contributed by atoms with Crippen LogP contribution in [0.4, 0.5) is 4.39 Å². The third kappa shape index (κ3) is 1.34. The lowest BCUT2D eigenvalue weighted by atomic mass is 10.1. The van der Waals surface area contributed by atoms with Crippen molar-refractivity contribution in [3.63, 3.8) is 0 Å². The zero-order valence-corrected chi connectivity index (χ0v) is 10.9. The summed E-state index contributed by atoms with van der Waals surface area (Å²) < 4.78 is 13.4. The molecule has 0 aliphatic carbocycles. The maximum atomic E-state index is 13.4. The lowest BCUT2D eigenvalue weighted by Crippen LogP contribution is -1.77. The van der Waals surface area contributed by atoms with Crippen molar-refractivity contribution in [1.82, 2.24) is 15.0 Å². The first-order valence-corrected chi connectivity index (χ1v) is 6.77. The van der Waals surface area contributed by atoms with E-state index in [1.165, 1.54) is 12.1 Å². The normalized spacial score (nSPS) is 12.0. The van der Waals surface area contributed by atoms with Gasteiger partial charge >= 0.3 is 0 Å². The highest BCUT2D eigenvalue weighted by Crippen LogP contribution is 2.33. The largest absolute Gasteiger partial charge is 0.353 e. The fourth-order valence-corrected chi connectivity index (χ4v) is 3.13. The van der Waals surface area contributed by atoms with E-state index in [-0.39, 0.29) is 5.82 Å². The van der Waals surface area contributed by atoms with Crippen LogP contribution in [0.25, 0.3) is 43.7 Å². The number of nitrogens with one attached hydrogen (secondary N) is 2. The molecule has 3 nitrogen and oxygen atoms in total. The van der Waals surface area contributed by atoms with E-state index in [1.54, 1.807) is 6.07 Å². The van der Waals surface area contributed by atoms with Crippen LogP contribution in [0.15, 0.2) is 48.7 Å². The molecule has 0 atom stereocenters. The molecule has 0 spiro atoms. The van der Waals surface area contributed by atoms with Crippen molar-refractivity contribution in [2.45, 2.75) is 0 Å². The Balaban J connectivity index is 2.10. The number of rotatable bonds is 0. The molecule has 5 rings (SSSR count). The number of pyridine rings is 1. The van der Waals surface area contributed by atoms with Gasteiger partial charge in [-0.15, -0.1) is 0 Å². The third-order valence-corrected chi connectivity index (χ3v) is 4.04. The van der Waals surface area contributed by atoms with Crippen LogP contribution in [-0.4, -0.2) is 15.0 Å². The summed E-state index contributed by atoms with van der Waals surface area (Å²) >= 11 is 0. The zero-order valence-electron chi connectivity index (χ0n) is 10.9. The topological polar surface area (TPSA) is 44.5 Å². The van der Waals surface area contributed by atoms with E-state index in [4.69, 9.17) is 0 Å². The minimum Gasteiger partial charge on any atom is -0.353 e. The number of halogens is 1. The predicted molar refractivity (Wildman–Crippen MR) is 82.9 cm³/mol. The van der Waals surface area contributed by atoms with E-state index >= 15 is 0 Å². The van der Waals surface area contributed by atoms with Crippen LogP contribution < -0.4 is 0 Å². The molecule has 0 amide bonds. The molecule has 0 bridgehead atoms. The number of hydrogen-bond donors (Lipinski definition) is 2. The summed E-state index contributed by atoms with van der Waals surface area (Å²) in [6, 6.07) is 12.9. The molecule has 0 aliphatic heterocycles. The van der Waals surface area contributed by atoms with Crippen molar-refractivity contribution in [2.75, 3.05) is 0 Å². The monoisotopic (exact) mass is 275 g/mol. The first-order valence-electron chi connectivity index (χ1n) is 6.77. The van der Waals surface area contributed by atoms with Gasteiger partial charge in [0.2, 0.25) is 0 Å². The van der Waals surface area contributed by atoms with E-state index in [0.717, 1.165) is 43.7 Å². The van der Waals surface area contributed by atoms with Crippen LogP contribution in [0.2, 0.25) is 0 Å². The Morgan fingerprint density at radius 3 is 2.71 bits per heavy atom. The maximum absolute atomic E-state index is 13.4. The second-order valence-electron chi connectivity index (χ2n) is 5.26. The quantitative estimate of drug-likeness (QED) is 0.429. The fourth-order valence-electron chi connectivity index (χ4n) is 3.13. The Hall–Kier alpha value is -2.88. The number of fused-ring (bicyclic) bond motifs is 7. The van der Waals surface area contributed by atoms with E-state index in [1.807, 2.05) is 24.4 Å².